The summed E-state index contributed by atoms with van der Waals surface area (Å²) in [7, 11) is 0. The van der Waals surface area contributed by atoms with Gasteiger partial charge in [0.1, 0.15) is 5.75 Å². The molecule has 8 heteroatoms. The van der Waals surface area contributed by atoms with E-state index >= 15 is 0 Å². The van der Waals surface area contributed by atoms with Crippen molar-refractivity contribution in [2.45, 2.75) is 19.4 Å². The largest absolute Gasteiger partial charge is 0.482 e. The van der Waals surface area contributed by atoms with Crippen LogP contribution in [0.25, 0.3) is 0 Å². The summed E-state index contributed by atoms with van der Waals surface area (Å²) in [6.07, 6.45) is 2.41. The van der Waals surface area contributed by atoms with E-state index in [0.29, 0.717) is 40.1 Å². The molecule has 0 aromatic heterocycles. The number of carbonyl (C=O) groups excluding carboxylic acids is 2. The van der Waals surface area contributed by atoms with Crippen molar-refractivity contribution in [3.05, 3.63) is 57.6 Å². The van der Waals surface area contributed by atoms with E-state index in [1.807, 2.05) is 11.0 Å². The van der Waals surface area contributed by atoms with Crippen LogP contribution < -0.4 is 10.1 Å². The van der Waals surface area contributed by atoms with Crippen LogP contribution >= 0.6 is 23.2 Å². The first kappa shape index (κ1) is 21.0. The lowest BCUT2D eigenvalue weighted by atomic mass is 10.1. The lowest BCUT2D eigenvalue weighted by Gasteiger charge is -2.26. The summed E-state index contributed by atoms with van der Waals surface area (Å²) in [4.78, 5) is 29.0. The predicted molar refractivity (Wildman–Crippen MR) is 117 cm³/mol. The smallest absolute Gasteiger partial charge is 0.262 e. The van der Waals surface area contributed by atoms with Crippen LogP contribution in [0.15, 0.2) is 36.4 Å². The molecule has 1 N–H and O–H groups in total. The van der Waals surface area contributed by atoms with Gasteiger partial charge in [0.2, 0.25) is 0 Å². The number of nitrogens with zero attached hydrogens (tertiary/aromatic N) is 2. The van der Waals surface area contributed by atoms with Crippen LogP contribution in [-0.4, -0.2) is 54.4 Å². The molecule has 2 aliphatic rings. The van der Waals surface area contributed by atoms with E-state index in [1.165, 1.54) is 12.8 Å². The van der Waals surface area contributed by atoms with Gasteiger partial charge in [-0.15, -0.1) is 0 Å². The van der Waals surface area contributed by atoms with E-state index in [4.69, 9.17) is 27.9 Å². The number of amides is 2. The standard InChI is InChI=1S/C22H23Cl2N3O3/c23-17-5-3-15(11-18(17)24)13-27(10-9-26-7-1-2-8-26)22(29)16-4-6-19-20(12-16)30-14-21(28)25-19/h3-6,11-12H,1-2,7-10,13-14H2,(H,25,28). The van der Waals surface area contributed by atoms with E-state index in [9.17, 15) is 9.59 Å². The van der Waals surface area contributed by atoms with E-state index in [-0.39, 0.29) is 18.4 Å². The van der Waals surface area contributed by atoms with Gasteiger partial charge in [0.15, 0.2) is 6.61 Å². The molecule has 2 amide bonds. The first-order valence-corrected chi connectivity index (χ1v) is 10.8. The Morgan fingerprint density at radius 1 is 1.10 bits per heavy atom. The van der Waals surface area contributed by atoms with Gasteiger partial charge in [0, 0.05) is 25.2 Å². The Bertz CT molecular complexity index is 961. The molecule has 4 rings (SSSR count). The summed E-state index contributed by atoms with van der Waals surface area (Å²) >= 11 is 12.2. The van der Waals surface area contributed by atoms with Gasteiger partial charge in [-0.3, -0.25) is 9.59 Å². The van der Waals surface area contributed by atoms with Crippen LogP contribution in [0.5, 0.6) is 5.75 Å². The number of anilines is 1. The number of halogens is 2. The van der Waals surface area contributed by atoms with Gasteiger partial charge in [-0.2, -0.15) is 0 Å². The topological polar surface area (TPSA) is 61.9 Å². The molecule has 6 nitrogen and oxygen atoms in total. The third-order valence-corrected chi connectivity index (χ3v) is 6.13. The van der Waals surface area contributed by atoms with Gasteiger partial charge < -0.3 is 19.9 Å². The van der Waals surface area contributed by atoms with Gasteiger partial charge in [-0.25, -0.2) is 0 Å². The van der Waals surface area contributed by atoms with Crippen LogP contribution in [0.3, 0.4) is 0 Å². The summed E-state index contributed by atoms with van der Waals surface area (Å²) in [5.41, 5.74) is 2.02. The van der Waals surface area contributed by atoms with Crippen molar-refractivity contribution >= 4 is 40.7 Å². The Balaban J connectivity index is 1.54. The third-order valence-electron chi connectivity index (χ3n) is 5.39. The number of likely N-dealkylation sites (tertiary alicyclic amines) is 1. The molecule has 30 heavy (non-hydrogen) atoms. The Morgan fingerprint density at radius 3 is 2.67 bits per heavy atom. The molecule has 0 spiro atoms. The molecule has 0 radical (unpaired) electrons. The molecular weight excluding hydrogens is 425 g/mol. The number of hydrogen-bond acceptors (Lipinski definition) is 4. The van der Waals surface area contributed by atoms with E-state index in [0.717, 1.165) is 25.2 Å². The van der Waals surface area contributed by atoms with Gasteiger partial charge in [-0.1, -0.05) is 29.3 Å². The predicted octanol–water partition coefficient (Wildman–Crippen LogP) is 4.06. The summed E-state index contributed by atoms with van der Waals surface area (Å²) in [6.45, 7) is 3.95. The zero-order chi connectivity index (χ0) is 21.1. The summed E-state index contributed by atoms with van der Waals surface area (Å²) in [6, 6.07) is 10.5. The quantitative estimate of drug-likeness (QED) is 0.724. The van der Waals surface area contributed by atoms with Crippen LogP contribution in [-0.2, 0) is 11.3 Å². The maximum absolute atomic E-state index is 13.4. The molecule has 0 unspecified atom stereocenters. The third kappa shape index (κ3) is 4.89. The first-order chi connectivity index (χ1) is 14.5. The molecule has 0 atom stereocenters. The fourth-order valence-electron chi connectivity index (χ4n) is 3.77. The maximum Gasteiger partial charge on any atom is 0.262 e. The minimum atomic E-state index is -0.201. The number of rotatable bonds is 6. The molecule has 1 fully saturated rings. The Morgan fingerprint density at radius 2 is 1.90 bits per heavy atom. The molecule has 2 aromatic rings. The van der Waals surface area contributed by atoms with Crippen molar-refractivity contribution in [3.8, 4) is 5.75 Å². The van der Waals surface area contributed by atoms with Crippen LogP contribution in [0.2, 0.25) is 10.0 Å². The number of ether oxygens (including phenoxy) is 1. The van der Waals surface area contributed by atoms with Crippen molar-refractivity contribution in [3.63, 3.8) is 0 Å². The summed E-state index contributed by atoms with van der Waals surface area (Å²) in [5.74, 6) is 0.214. The highest BCUT2D eigenvalue weighted by atomic mass is 35.5. The van der Waals surface area contributed by atoms with Gasteiger partial charge in [-0.05, 0) is 61.8 Å². The molecule has 1 saturated heterocycles. The van der Waals surface area contributed by atoms with Crippen molar-refractivity contribution in [2.24, 2.45) is 0 Å². The highest BCUT2D eigenvalue weighted by Gasteiger charge is 2.22. The molecule has 2 heterocycles. The minimum absolute atomic E-state index is 0.0490. The van der Waals surface area contributed by atoms with Crippen LogP contribution in [0.4, 0.5) is 5.69 Å². The van der Waals surface area contributed by atoms with Crippen molar-refractivity contribution in [2.75, 3.05) is 38.1 Å². The van der Waals surface area contributed by atoms with E-state index in [2.05, 4.69) is 10.2 Å². The zero-order valence-electron chi connectivity index (χ0n) is 16.5. The molecule has 0 bridgehead atoms. The Kier molecular flexibility index (Phi) is 6.46. The average molecular weight is 448 g/mol. The molecule has 2 aromatic carbocycles. The highest BCUT2D eigenvalue weighted by molar-refractivity contribution is 6.42. The molecule has 2 aliphatic heterocycles. The summed E-state index contributed by atoms with van der Waals surface area (Å²) in [5, 5.41) is 3.71. The zero-order valence-corrected chi connectivity index (χ0v) is 18.0. The first-order valence-electron chi connectivity index (χ1n) is 10.0. The van der Waals surface area contributed by atoms with Gasteiger partial charge >= 0.3 is 0 Å². The lowest BCUT2D eigenvalue weighted by molar-refractivity contribution is -0.118. The summed E-state index contributed by atoms with van der Waals surface area (Å²) < 4.78 is 5.47. The fourth-order valence-corrected chi connectivity index (χ4v) is 4.09. The minimum Gasteiger partial charge on any atom is -0.482 e. The molecular formula is C22H23Cl2N3O3. The molecule has 158 valence electrons. The number of nitrogens with one attached hydrogen (secondary N) is 1. The Labute approximate surface area is 185 Å². The number of fused-ring (bicyclic) bond motifs is 1. The van der Waals surface area contributed by atoms with E-state index in [1.54, 1.807) is 30.3 Å². The monoisotopic (exact) mass is 447 g/mol. The number of carbonyl (C=O) groups is 2. The lowest BCUT2D eigenvalue weighted by Crippen LogP contribution is -2.37. The van der Waals surface area contributed by atoms with Crippen molar-refractivity contribution < 1.29 is 14.3 Å². The SMILES string of the molecule is O=C1COc2cc(C(=O)N(CCN3CCCC3)Cc3ccc(Cl)c(Cl)c3)ccc2N1. The van der Waals surface area contributed by atoms with Crippen LogP contribution in [0.1, 0.15) is 28.8 Å². The molecule has 0 aliphatic carbocycles. The average Bonchev–Trinajstić information content (AvgIpc) is 3.26. The number of hydrogen-bond donors (Lipinski definition) is 1. The van der Waals surface area contributed by atoms with Crippen molar-refractivity contribution in [1.82, 2.24) is 9.80 Å². The van der Waals surface area contributed by atoms with Gasteiger partial charge in [0.05, 0.1) is 15.7 Å². The van der Waals surface area contributed by atoms with E-state index < -0.39 is 0 Å². The maximum atomic E-state index is 13.4. The highest BCUT2D eigenvalue weighted by Crippen LogP contribution is 2.29. The second kappa shape index (κ2) is 9.25. The number of benzene rings is 2. The second-order valence-corrected chi connectivity index (χ2v) is 8.39. The van der Waals surface area contributed by atoms with Gasteiger partial charge in [0.25, 0.3) is 11.8 Å². The van der Waals surface area contributed by atoms with Crippen LogP contribution in [0, 0.1) is 0 Å². The normalized spacial score (nSPS) is 16.0. The fraction of sp³-hybridized carbons (Fsp3) is 0.364. The molecule has 0 saturated carbocycles. The Hall–Kier alpha value is -2.28. The van der Waals surface area contributed by atoms with Crippen molar-refractivity contribution in [1.29, 1.82) is 0 Å². The second-order valence-electron chi connectivity index (χ2n) is 7.57.